The molecule has 7 nitrogen and oxygen atoms in total. The number of ether oxygens (including phenoxy) is 2. The molecule has 0 aliphatic carbocycles. The number of hydrogen-bond donors (Lipinski definition) is 0. The van der Waals surface area contributed by atoms with Gasteiger partial charge in [0, 0.05) is 22.4 Å². The zero-order chi connectivity index (χ0) is 19.4. The van der Waals surface area contributed by atoms with Crippen LogP contribution in [-0.2, 0) is 14.6 Å². The maximum Gasteiger partial charge on any atom is 0.253 e. The fraction of sp³-hybridized carbons (Fsp3) is 0.556. The van der Waals surface area contributed by atoms with Crippen LogP contribution in [0.25, 0.3) is 0 Å². The minimum atomic E-state index is -3.10. The fourth-order valence-electron chi connectivity index (χ4n) is 3.30. The van der Waals surface area contributed by atoms with Crippen molar-refractivity contribution < 1.29 is 22.7 Å². The zero-order valence-corrected chi connectivity index (χ0v) is 17.1. The Hall–Kier alpha value is -1.74. The number of benzene rings is 1. The molecule has 2 atom stereocenters. The molecule has 27 heavy (non-hydrogen) atoms. The van der Waals surface area contributed by atoms with Gasteiger partial charge in [-0.25, -0.2) is 8.42 Å². The second-order valence-electron chi connectivity index (χ2n) is 7.95. The van der Waals surface area contributed by atoms with E-state index >= 15 is 0 Å². The van der Waals surface area contributed by atoms with E-state index in [9.17, 15) is 13.2 Å². The first kappa shape index (κ1) is 18.6. The number of carbonyl (C=O) groups excluding carboxylic acids is 1. The summed E-state index contributed by atoms with van der Waals surface area (Å²) in [5, 5.41) is 0.422. The number of anilines is 1. The number of rotatable bonds is 1. The van der Waals surface area contributed by atoms with E-state index in [1.807, 2.05) is 43.9 Å². The molecule has 0 spiro atoms. The molecule has 1 aromatic carbocycles. The summed E-state index contributed by atoms with van der Waals surface area (Å²) in [4.78, 5) is 18.7. The van der Waals surface area contributed by atoms with Gasteiger partial charge in [-0.3, -0.25) is 4.79 Å². The maximum absolute atomic E-state index is 12.5. The molecule has 2 fully saturated rings. The lowest BCUT2D eigenvalue weighted by atomic mass is 9.96. The van der Waals surface area contributed by atoms with Gasteiger partial charge in [0.15, 0.2) is 26.5 Å². The summed E-state index contributed by atoms with van der Waals surface area (Å²) in [5.41, 5.74) is 0.160. The minimum absolute atomic E-state index is 0.0574. The molecule has 9 heteroatoms. The quantitative estimate of drug-likeness (QED) is 0.701. The van der Waals surface area contributed by atoms with Crippen LogP contribution in [0.15, 0.2) is 23.2 Å². The molecule has 1 amide bonds. The first-order chi connectivity index (χ1) is 12.6. The number of thioether (sulfide) groups is 1. The highest BCUT2D eigenvalue weighted by molar-refractivity contribution is 8.16. The zero-order valence-electron chi connectivity index (χ0n) is 15.5. The number of sulfone groups is 1. The summed E-state index contributed by atoms with van der Waals surface area (Å²) in [7, 11) is -3.10. The largest absolute Gasteiger partial charge is 0.486 e. The molecular formula is C18H22N2O5S2. The summed E-state index contributed by atoms with van der Waals surface area (Å²) in [6, 6.07) is 5.26. The van der Waals surface area contributed by atoms with Crippen LogP contribution in [0, 0.1) is 5.41 Å². The topological polar surface area (TPSA) is 85.3 Å². The standard InChI is InChI=1S/C18H22N2O5S2/c1-18(2,3)16(21)19-17-20(12-9-27(22,23)10-15(12)26-17)11-4-5-13-14(8-11)25-7-6-24-13/h4-5,8,12,15H,6-7,9-10H2,1-3H3/t12-,15-/m1/s1. The maximum atomic E-state index is 12.5. The van der Waals surface area contributed by atoms with E-state index in [2.05, 4.69) is 4.99 Å². The number of carbonyl (C=O) groups is 1. The smallest absolute Gasteiger partial charge is 0.253 e. The summed E-state index contributed by atoms with van der Waals surface area (Å²) in [6.07, 6.45) is 0. The van der Waals surface area contributed by atoms with Crippen molar-refractivity contribution >= 4 is 38.4 Å². The third-order valence-electron chi connectivity index (χ3n) is 4.71. The van der Waals surface area contributed by atoms with Gasteiger partial charge in [-0.15, -0.1) is 0 Å². The average Bonchev–Trinajstić information content (AvgIpc) is 3.04. The Morgan fingerprint density at radius 3 is 2.59 bits per heavy atom. The molecule has 3 heterocycles. The molecule has 0 aromatic heterocycles. The van der Waals surface area contributed by atoms with Crippen LogP contribution in [0.1, 0.15) is 20.8 Å². The van der Waals surface area contributed by atoms with Crippen molar-refractivity contribution in [2.24, 2.45) is 10.4 Å². The molecule has 0 radical (unpaired) electrons. The van der Waals surface area contributed by atoms with Crippen molar-refractivity contribution in [3.8, 4) is 11.5 Å². The number of amides is 1. The lowest BCUT2D eigenvalue weighted by Gasteiger charge is -2.27. The molecule has 3 aliphatic rings. The molecule has 2 saturated heterocycles. The first-order valence-corrected chi connectivity index (χ1v) is 11.5. The molecule has 0 unspecified atom stereocenters. The fourth-order valence-corrected chi connectivity index (χ4v) is 7.22. The van der Waals surface area contributed by atoms with Crippen molar-refractivity contribution in [1.29, 1.82) is 0 Å². The van der Waals surface area contributed by atoms with Crippen molar-refractivity contribution in [2.45, 2.75) is 32.1 Å². The Bertz CT molecular complexity index is 920. The van der Waals surface area contributed by atoms with E-state index < -0.39 is 15.3 Å². The SMILES string of the molecule is CC(C)(C)C(=O)N=C1S[C@@H]2CS(=O)(=O)C[C@H]2N1c1ccc2c(c1)OCCO2. The number of nitrogens with zero attached hydrogens (tertiary/aromatic N) is 2. The molecule has 0 bridgehead atoms. The highest BCUT2D eigenvalue weighted by atomic mass is 32.2. The summed E-state index contributed by atoms with van der Waals surface area (Å²) in [5.74, 6) is 1.22. The van der Waals surface area contributed by atoms with Crippen molar-refractivity contribution in [2.75, 3.05) is 29.6 Å². The summed E-state index contributed by atoms with van der Waals surface area (Å²) in [6.45, 7) is 6.42. The average molecular weight is 411 g/mol. The highest BCUT2D eigenvalue weighted by Crippen LogP contribution is 2.43. The van der Waals surface area contributed by atoms with E-state index in [0.717, 1.165) is 5.69 Å². The van der Waals surface area contributed by atoms with Crippen LogP contribution in [0.4, 0.5) is 5.69 Å². The van der Waals surface area contributed by atoms with Crippen LogP contribution in [0.2, 0.25) is 0 Å². The lowest BCUT2D eigenvalue weighted by Crippen LogP contribution is -2.38. The molecule has 3 aliphatic heterocycles. The molecule has 146 valence electrons. The molecule has 0 N–H and O–H groups in total. The lowest BCUT2D eigenvalue weighted by molar-refractivity contribution is -0.124. The van der Waals surface area contributed by atoms with Gasteiger partial charge in [-0.05, 0) is 12.1 Å². The van der Waals surface area contributed by atoms with Crippen LogP contribution in [0.3, 0.4) is 0 Å². The summed E-state index contributed by atoms with van der Waals surface area (Å²) >= 11 is 1.37. The van der Waals surface area contributed by atoms with Crippen LogP contribution in [-0.4, -0.2) is 55.5 Å². The van der Waals surface area contributed by atoms with Crippen molar-refractivity contribution in [3.05, 3.63) is 18.2 Å². The Kier molecular flexibility index (Phi) is 4.42. The van der Waals surface area contributed by atoms with Crippen molar-refractivity contribution in [3.63, 3.8) is 0 Å². The number of fused-ring (bicyclic) bond motifs is 2. The Balaban J connectivity index is 1.75. The monoisotopic (exact) mass is 410 g/mol. The molecule has 1 aromatic rings. The second kappa shape index (κ2) is 6.41. The Morgan fingerprint density at radius 2 is 1.89 bits per heavy atom. The van der Waals surface area contributed by atoms with Gasteiger partial charge < -0.3 is 14.4 Å². The molecular weight excluding hydrogens is 388 g/mol. The number of aliphatic imine (C=N–C) groups is 1. The second-order valence-corrected chi connectivity index (χ2v) is 11.3. The molecule has 0 saturated carbocycles. The Labute approximate surface area is 163 Å². The predicted octanol–water partition coefficient (Wildman–Crippen LogP) is 2.11. The van der Waals surface area contributed by atoms with Crippen LogP contribution < -0.4 is 14.4 Å². The van der Waals surface area contributed by atoms with E-state index in [1.165, 1.54) is 11.8 Å². The van der Waals surface area contributed by atoms with Gasteiger partial charge in [0.05, 0.1) is 17.5 Å². The van der Waals surface area contributed by atoms with Gasteiger partial charge in [-0.1, -0.05) is 32.5 Å². The van der Waals surface area contributed by atoms with Gasteiger partial charge in [-0.2, -0.15) is 4.99 Å². The Morgan fingerprint density at radius 1 is 1.19 bits per heavy atom. The number of hydrogen-bond acceptors (Lipinski definition) is 6. The van der Waals surface area contributed by atoms with Gasteiger partial charge in [0.2, 0.25) is 0 Å². The normalized spacial score (nSPS) is 27.7. The van der Waals surface area contributed by atoms with E-state index in [4.69, 9.17) is 9.47 Å². The van der Waals surface area contributed by atoms with Crippen LogP contribution >= 0.6 is 11.8 Å². The van der Waals surface area contributed by atoms with E-state index in [1.54, 1.807) is 0 Å². The minimum Gasteiger partial charge on any atom is -0.486 e. The van der Waals surface area contributed by atoms with E-state index in [0.29, 0.717) is 29.9 Å². The van der Waals surface area contributed by atoms with Gasteiger partial charge >= 0.3 is 0 Å². The van der Waals surface area contributed by atoms with Crippen LogP contribution in [0.5, 0.6) is 11.5 Å². The summed E-state index contributed by atoms with van der Waals surface area (Å²) < 4.78 is 35.5. The third-order valence-corrected chi connectivity index (χ3v) is 7.92. The van der Waals surface area contributed by atoms with Crippen molar-refractivity contribution in [1.82, 2.24) is 0 Å². The molecule has 4 rings (SSSR count). The number of amidine groups is 1. The predicted molar refractivity (Wildman–Crippen MR) is 106 cm³/mol. The first-order valence-electron chi connectivity index (χ1n) is 8.83. The van der Waals surface area contributed by atoms with Gasteiger partial charge in [0.25, 0.3) is 5.91 Å². The van der Waals surface area contributed by atoms with E-state index in [-0.39, 0.29) is 28.7 Å². The highest BCUT2D eigenvalue weighted by Gasteiger charge is 2.49. The van der Waals surface area contributed by atoms with Gasteiger partial charge in [0.1, 0.15) is 13.2 Å². The third kappa shape index (κ3) is 3.54.